The summed E-state index contributed by atoms with van der Waals surface area (Å²) >= 11 is 0. The fourth-order valence-corrected chi connectivity index (χ4v) is 6.25. The van der Waals surface area contributed by atoms with E-state index in [9.17, 15) is 27.5 Å². The minimum Gasteiger partial charge on any atom is -0.496 e. The number of imidazole rings is 1. The number of nitrogens with zero attached hydrogens (tertiary/aromatic N) is 3. The molecule has 0 radical (unpaired) electrons. The van der Waals surface area contributed by atoms with Gasteiger partial charge in [0.15, 0.2) is 0 Å². The molecule has 1 aliphatic carbocycles. The highest BCUT2D eigenvalue weighted by Crippen LogP contribution is 2.48. The van der Waals surface area contributed by atoms with Gasteiger partial charge in [-0.05, 0) is 55.3 Å². The van der Waals surface area contributed by atoms with Crippen molar-refractivity contribution >= 4 is 17.0 Å². The number of aromatic carboxylic acids is 1. The van der Waals surface area contributed by atoms with Gasteiger partial charge < -0.3 is 23.9 Å². The number of carbonyl (C=O) groups is 1. The molecule has 3 heterocycles. The van der Waals surface area contributed by atoms with E-state index >= 15 is 4.39 Å². The molecule has 1 saturated carbocycles. The zero-order chi connectivity index (χ0) is 34.5. The van der Waals surface area contributed by atoms with Gasteiger partial charge in [-0.25, -0.2) is 19.2 Å². The van der Waals surface area contributed by atoms with Crippen molar-refractivity contribution in [3.8, 4) is 28.6 Å². The van der Waals surface area contributed by atoms with E-state index in [1.165, 1.54) is 31.4 Å². The molecule has 1 aliphatic heterocycles. The van der Waals surface area contributed by atoms with Crippen LogP contribution in [0.5, 0.6) is 17.4 Å². The second-order valence-corrected chi connectivity index (χ2v) is 12.4. The summed E-state index contributed by atoms with van der Waals surface area (Å²) in [6.45, 7) is -0.0408. The van der Waals surface area contributed by atoms with Gasteiger partial charge in [0.05, 0.1) is 48.2 Å². The van der Waals surface area contributed by atoms with Gasteiger partial charge >= 0.3 is 12.1 Å². The molecule has 1 N–H and O–H groups in total. The van der Waals surface area contributed by atoms with E-state index in [0.717, 1.165) is 12.1 Å². The van der Waals surface area contributed by atoms with Crippen LogP contribution in [0.3, 0.4) is 0 Å². The molecule has 7 rings (SSSR count). The molecule has 0 bridgehead atoms. The van der Waals surface area contributed by atoms with E-state index in [4.69, 9.17) is 19.2 Å². The SMILES string of the molecule is COc1cc(C(F)(F)F)ccc1COc1cccc(-c2cc(F)c(Cc3nc4ccc(C(=O)O)cc4n3CC3(CF)CC3)c3c2OCC3)n1. The van der Waals surface area contributed by atoms with Gasteiger partial charge in [-0.3, -0.25) is 4.39 Å². The van der Waals surface area contributed by atoms with Crippen LogP contribution in [0.15, 0.2) is 60.7 Å². The predicted molar refractivity (Wildman–Crippen MR) is 168 cm³/mol. The average Bonchev–Trinajstić information content (AvgIpc) is 3.55. The molecule has 2 aliphatic rings. The molecule has 254 valence electrons. The predicted octanol–water partition coefficient (Wildman–Crippen LogP) is 7.82. The minimum atomic E-state index is -4.52. The summed E-state index contributed by atoms with van der Waals surface area (Å²) in [7, 11) is 1.27. The molecule has 1 fully saturated rings. The molecule has 2 aromatic heterocycles. The second kappa shape index (κ2) is 12.4. The topological polar surface area (TPSA) is 95.7 Å². The number of hydrogen-bond donors (Lipinski definition) is 1. The van der Waals surface area contributed by atoms with Crippen molar-refractivity contribution < 1.29 is 46.1 Å². The lowest BCUT2D eigenvalue weighted by Gasteiger charge is -2.17. The molecule has 0 amide bonds. The normalized spacial score (nSPS) is 14.8. The van der Waals surface area contributed by atoms with Gasteiger partial charge in [0.1, 0.15) is 29.7 Å². The number of carboxylic acids is 1. The van der Waals surface area contributed by atoms with Crippen LogP contribution in [0.2, 0.25) is 0 Å². The Morgan fingerprint density at radius 1 is 1.08 bits per heavy atom. The summed E-state index contributed by atoms with van der Waals surface area (Å²) in [5, 5.41) is 9.58. The summed E-state index contributed by atoms with van der Waals surface area (Å²) in [6.07, 6.45) is -2.63. The van der Waals surface area contributed by atoms with Gasteiger partial charge in [-0.1, -0.05) is 12.1 Å². The number of carboxylic acid groups (broad SMARTS) is 1. The number of aromatic nitrogens is 3. The lowest BCUT2D eigenvalue weighted by atomic mass is 9.96. The first-order valence-electron chi connectivity index (χ1n) is 15.6. The molecule has 0 atom stereocenters. The molecule has 8 nitrogen and oxygen atoms in total. The summed E-state index contributed by atoms with van der Waals surface area (Å²) < 4.78 is 88.4. The Labute approximate surface area is 277 Å². The van der Waals surface area contributed by atoms with Gasteiger partial charge in [-0.15, -0.1) is 0 Å². The van der Waals surface area contributed by atoms with Gasteiger partial charge in [-0.2, -0.15) is 13.2 Å². The number of rotatable bonds is 11. The van der Waals surface area contributed by atoms with Crippen LogP contribution in [0.1, 0.15) is 51.3 Å². The van der Waals surface area contributed by atoms with Crippen molar-refractivity contribution in [2.75, 3.05) is 20.4 Å². The number of alkyl halides is 4. The Kier molecular flexibility index (Phi) is 8.16. The monoisotopic (exact) mass is 679 g/mol. The Morgan fingerprint density at radius 2 is 1.90 bits per heavy atom. The first kappa shape index (κ1) is 32.4. The number of halogens is 5. The first-order valence-corrected chi connectivity index (χ1v) is 15.6. The average molecular weight is 680 g/mol. The second-order valence-electron chi connectivity index (χ2n) is 12.4. The van der Waals surface area contributed by atoms with Crippen molar-refractivity contribution in [3.05, 3.63) is 100 Å². The summed E-state index contributed by atoms with van der Waals surface area (Å²) in [6, 6.07) is 14.0. The summed E-state index contributed by atoms with van der Waals surface area (Å²) in [5.41, 5.74) is 1.94. The fourth-order valence-electron chi connectivity index (χ4n) is 6.25. The van der Waals surface area contributed by atoms with Crippen LogP contribution in [0.4, 0.5) is 22.0 Å². The van der Waals surface area contributed by atoms with Gasteiger partial charge in [0.2, 0.25) is 5.88 Å². The maximum Gasteiger partial charge on any atom is 0.416 e. The zero-order valence-electron chi connectivity index (χ0n) is 26.2. The molecule has 3 aromatic carbocycles. The van der Waals surface area contributed by atoms with E-state index in [1.54, 1.807) is 24.3 Å². The molecular formula is C36H30F5N3O5. The van der Waals surface area contributed by atoms with Gasteiger partial charge in [0.25, 0.3) is 0 Å². The Balaban J connectivity index is 1.19. The van der Waals surface area contributed by atoms with Crippen LogP contribution >= 0.6 is 0 Å². The van der Waals surface area contributed by atoms with Crippen molar-refractivity contribution in [1.82, 2.24) is 14.5 Å². The molecule has 49 heavy (non-hydrogen) atoms. The zero-order valence-corrected chi connectivity index (χ0v) is 26.2. The molecule has 0 unspecified atom stereocenters. The lowest BCUT2D eigenvalue weighted by Crippen LogP contribution is -2.17. The van der Waals surface area contributed by atoms with Crippen molar-refractivity contribution in [3.63, 3.8) is 0 Å². The molecule has 0 spiro atoms. The summed E-state index contributed by atoms with van der Waals surface area (Å²) in [4.78, 5) is 21.0. The van der Waals surface area contributed by atoms with Crippen molar-refractivity contribution in [2.24, 2.45) is 5.41 Å². The minimum absolute atomic E-state index is 0.0164. The third-order valence-electron chi connectivity index (χ3n) is 9.17. The largest absolute Gasteiger partial charge is 0.496 e. The van der Waals surface area contributed by atoms with Crippen LogP contribution in [-0.4, -0.2) is 46.0 Å². The number of ether oxygens (including phenoxy) is 3. The quantitative estimate of drug-likeness (QED) is 0.142. The van der Waals surface area contributed by atoms with E-state index in [2.05, 4.69) is 4.98 Å². The Hall–Kier alpha value is -5.20. The highest BCUT2D eigenvalue weighted by molar-refractivity contribution is 5.92. The van der Waals surface area contributed by atoms with Crippen LogP contribution in [0.25, 0.3) is 22.3 Å². The van der Waals surface area contributed by atoms with Crippen LogP contribution in [-0.2, 0) is 32.2 Å². The Morgan fingerprint density at radius 3 is 2.61 bits per heavy atom. The third-order valence-corrected chi connectivity index (χ3v) is 9.17. The smallest absolute Gasteiger partial charge is 0.416 e. The van der Waals surface area contributed by atoms with E-state index in [1.807, 2.05) is 4.57 Å². The number of hydrogen-bond acceptors (Lipinski definition) is 6. The molecule has 5 aromatic rings. The number of methoxy groups -OCH3 is 1. The number of benzene rings is 3. The Bertz CT molecular complexity index is 2090. The van der Waals surface area contributed by atoms with E-state index < -0.39 is 35.6 Å². The van der Waals surface area contributed by atoms with Gasteiger partial charge in [0, 0.05) is 53.1 Å². The fraction of sp³-hybridized carbons (Fsp3) is 0.306. The molecular weight excluding hydrogens is 649 g/mol. The lowest BCUT2D eigenvalue weighted by molar-refractivity contribution is -0.137. The van der Waals surface area contributed by atoms with E-state index in [0.29, 0.717) is 83.0 Å². The van der Waals surface area contributed by atoms with Crippen molar-refractivity contribution in [1.29, 1.82) is 0 Å². The third kappa shape index (κ3) is 6.25. The maximum atomic E-state index is 16.1. The standard InChI is InChI=1S/C36H30F5N3O5/c1-47-30-14-22(36(39,40)41)7-5-21(30)17-49-32-4-2-3-27(43-32)25-15-26(38)24(23-9-12-48-33(23)25)16-31-42-28-8-6-20(34(45)46)13-29(28)44(31)19-35(18-37)10-11-35/h2-8,13-15H,9-12,16-19H2,1H3,(H,45,46). The van der Waals surface area contributed by atoms with Crippen molar-refractivity contribution in [2.45, 2.75) is 45.0 Å². The summed E-state index contributed by atoms with van der Waals surface area (Å²) in [5.74, 6) is -0.483. The maximum absolute atomic E-state index is 16.1. The molecule has 0 saturated heterocycles. The first-order chi connectivity index (χ1) is 23.5. The number of pyridine rings is 1. The highest BCUT2D eigenvalue weighted by Gasteiger charge is 2.44. The van der Waals surface area contributed by atoms with Crippen LogP contribution < -0.4 is 14.2 Å². The van der Waals surface area contributed by atoms with E-state index in [-0.39, 0.29) is 30.2 Å². The number of fused-ring (bicyclic) bond motifs is 2. The van der Waals surface area contributed by atoms with Crippen LogP contribution in [0, 0.1) is 11.2 Å². The molecule has 13 heteroatoms. The highest BCUT2D eigenvalue weighted by atomic mass is 19.4.